The van der Waals surface area contributed by atoms with Crippen LogP contribution in [0.1, 0.15) is 12.0 Å². The molecule has 0 radical (unpaired) electrons. The summed E-state index contributed by atoms with van der Waals surface area (Å²) in [6.07, 6.45) is 0.873. The molecule has 2 nitrogen and oxygen atoms in total. The predicted octanol–water partition coefficient (Wildman–Crippen LogP) is 2.27. The zero-order valence-corrected chi connectivity index (χ0v) is 10.4. The lowest BCUT2D eigenvalue weighted by molar-refractivity contribution is -0.114. The molecule has 1 aliphatic carbocycles. The molecule has 1 fully saturated rings. The first-order valence-electron chi connectivity index (χ1n) is 5.47. The van der Waals surface area contributed by atoms with Gasteiger partial charge in [-0.2, -0.15) is 0 Å². The highest BCUT2D eigenvalue weighted by Crippen LogP contribution is 2.55. The third-order valence-corrected chi connectivity index (χ3v) is 3.67. The van der Waals surface area contributed by atoms with Gasteiger partial charge in [-0.3, -0.25) is 4.79 Å². The Bertz CT molecular complexity index is 390. The predicted molar refractivity (Wildman–Crippen MR) is 65.6 cm³/mol. The van der Waals surface area contributed by atoms with Crippen molar-refractivity contribution >= 4 is 16.8 Å². The van der Waals surface area contributed by atoms with Gasteiger partial charge in [0, 0.05) is 6.54 Å². The fourth-order valence-corrected chi connectivity index (χ4v) is 2.77. The van der Waals surface area contributed by atoms with E-state index in [1.54, 1.807) is 0 Å². The molecular formula is C13H16ClNO. The Labute approximate surface area is 101 Å². The summed E-state index contributed by atoms with van der Waals surface area (Å²) in [7, 11) is 4.04. The molecule has 2 rings (SSSR count). The second-order valence-electron chi connectivity index (χ2n) is 4.77. The van der Waals surface area contributed by atoms with E-state index in [0.29, 0.717) is 5.92 Å². The molecule has 0 saturated heterocycles. The molecule has 2 atom stereocenters. The second-order valence-corrected chi connectivity index (χ2v) is 5.12. The minimum absolute atomic E-state index is 0.217. The topological polar surface area (TPSA) is 20.3 Å². The minimum atomic E-state index is -0.424. The van der Waals surface area contributed by atoms with Crippen molar-refractivity contribution in [3.8, 4) is 0 Å². The molecule has 0 N–H and O–H groups in total. The fourth-order valence-electron chi connectivity index (χ4n) is 2.43. The SMILES string of the molecule is CN(C)CC1CC1(C(=O)Cl)c1ccccc1. The lowest BCUT2D eigenvalue weighted by atomic mass is 9.94. The van der Waals surface area contributed by atoms with Crippen molar-refractivity contribution in [2.45, 2.75) is 11.8 Å². The summed E-state index contributed by atoms with van der Waals surface area (Å²) >= 11 is 5.79. The second kappa shape index (κ2) is 4.19. The zero-order valence-electron chi connectivity index (χ0n) is 9.61. The Morgan fingerprint density at radius 2 is 2.06 bits per heavy atom. The van der Waals surface area contributed by atoms with Crippen LogP contribution in [0.3, 0.4) is 0 Å². The van der Waals surface area contributed by atoms with Crippen LogP contribution < -0.4 is 0 Å². The maximum Gasteiger partial charge on any atom is 0.232 e. The van der Waals surface area contributed by atoms with Gasteiger partial charge in [-0.15, -0.1) is 0 Å². The van der Waals surface area contributed by atoms with E-state index in [1.807, 2.05) is 44.4 Å². The van der Waals surface area contributed by atoms with Crippen LogP contribution in [0.5, 0.6) is 0 Å². The number of carbonyl (C=O) groups is 1. The van der Waals surface area contributed by atoms with Gasteiger partial charge in [0.25, 0.3) is 0 Å². The third-order valence-electron chi connectivity index (χ3n) is 3.33. The number of hydrogen-bond acceptors (Lipinski definition) is 2. The van der Waals surface area contributed by atoms with Crippen molar-refractivity contribution in [3.05, 3.63) is 35.9 Å². The number of nitrogens with zero attached hydrogens (tertiary/aromatic N) is 1. The van der Waals surface area contributed by atoms with Gasteiger partial charge in [0.1, 0.15) is 0 Å². The zero-order chi connectivity index (χ0) is 11.8. The highest BCUT2D eigenvalue weighted by atomic mass is 35.5. The maximum absolute atomic E-state index is 11.7. The van der Waals surface area contributed by atoms with Gasteiger partial charge >= 0.3 is 0 Å². The average Bonchev–Trinajstić information content (AvgIpc) is 2.94. The van der Waals surface area contributed by atoms with Crippen molar-refractivity contribution < 1.29 is 4.79 Å². The molecule has 0 amide bonds. The van der Waals surface area contributed by atoms with E-state index in [2.05, 4.69) is 4.90 Å². The van der Waals surface area contributed by atoms with Gasteiger partial charge in [-0.25, -0.2) is 0 Å². The molecule has 0 bridgehead atoms. The van der Waals surface area contributed by atoms with Crippen molar-refractivity contribution in [1.82, 2.24) is 4.90 Å². The highest BCUT2D eigenvalue weighted by molar-refractivity contribution is 6.66. The van der Waals surface area contributed by atoms with Crippen LogP contribution in [-0.2, 0) is 10.2 Å². The van der Waals surface area contributed by atoms with Gasteiger partial charge < -0.3 is 4.90 Å². The molecular weight excluding hydrogens is 222 g/mol. The van der Waals surface area contributed by atoms with Gasteiger partial charge in [-0.1, -0.05) is 30.3 Å². The molecule has 0 spiro atoms. The van der Waals surface area contributed by atoms with Crippen LogP contribution in [0.2, 0.25) is 0 Å². The quantitative estimate of drug-likeness (QED) is 0.749. The van der Waals surface area contributed by atoms with E-state index in [-0.39, 0.29) is 5.24 Å². The number of halogens is 1. The molecule has 1 aromatic carbocycles. The fraction of sp³-hybridized carbons (Fsp3) is 0.462. The summed E-state index contributed by atoms with van der Waals surface area (Å²) in [5, 5.41) is -0.217. The third kappa shape index (κ3) is 1.87. The van der Waals surface area contributed by atoms with Crippen LogP contribution in [0.25, 0.3) is 0 Å². The molecule has 1 aliphatic rings. The molecule has 0 aromatic heterocycles. The first kappa shape index (κ1) is 11.6. The molecule has 86 valence electrons. The molecule has 0 heterocycles. The molecule has 1 aromatic rings. The van der Waals surface area contributed by atoms with Crippen LogP contribution in [0, 0.1) is 5.92 Å². The smallest absolute Gasteiger partial charge is 0.232 e. The minimum Gasteiger partial charge on any atom is -0.309 e. The Hall–Kier alpha value is -0.860. The Morgan fingerprint density at radius 1 is 1.44 bits per heavy atom. The monoisotopic (exact) mass is 237 g/mol. The van der Waals surface area contributed by atoms with E-state index in [1.165, 1.54) is 0 Å². The van der Waals surface area contributed by atoms with Gasteiger partial charge in [0.05, 0.1) is 5.41 Å². The van der Waals surface area contributed by atoms with Crippen LogP contribution >= 0.6 is 11.6 Å². The summed E-state index contributed by atoms with van der Waals surface area (Å²) in [5.41, 5.74) is 0.634. The lowest BCUT2D eigenvalue weighted by Crippen LogP contribution is -2.24. The standard InChI is InChI=1S/C13H16ClNO/c1-15(2)9-11-8-13(11,12(14)16)10-6-4-3-5-7-10/h3-7,11H,8-9H2,1-2H3. The summed E-state index contributed by atoms with van der Waals surface area (Å²) in [6.45, 7) is 0.910. The number of hydrogen-bond donors (Lipinski definition) is 0. The molecule has 1 saturated carbocycles. The summed E-state index contributed by atoms with van der Waals surface area (Å²) < 4.78 is 0. The largest absolute Gasteiger partial charge is 0.309 e. The molecule has 0 aliphatic heterocycles. The highest BCUT2D eigenvalue weighted by Gasteiger charge is 2.60. The Kier molecular flexibility index (Phi) is 3.04. The van der Waals surface area contributed by atoms with Crippen LogP contribution in [0.4, 0.5) is 0 Å². The average molecular weight is 238 g/mol. The van der Waals surface area contributed by atoms with Crippen LogP contribution in [0.15, 0.2) is 30.3 Å². The van der Waals surface area contributed by atoms with E-state index < -0.39 is 5.41 Å². The number of rotatable bonds is 4. The maximum atomic E-state index is 11.7. The Morgan fingerprint density at radius 3 is 2.56 bits per heavy atom. The van der Waals surface area contributed by atoms with Crippen molar-refractivity contribution in [3.63, 3.8) is 0 Å². The van der Waals surface area contributed by atoms with E-state index in [0.717, 1.165) is 18.5 Å². The summed E-state index contributed by atoms with van der Waals surface area (Å²) in [4.78, 5) is 13.8. The van der Waals surface area contributed by atoms with Crippen molar-refractivity contribution in [1.29, 1.82) is 0 Å². The number of carbonyl (C=O) groups excluding carboxylic acids is 1. The molecule has 2 unspecified atom stereocenters. The van der Waals surface area contributed by atoms with E-state index >= 15 is 0 Å². The number of benzene rings is 1. The normalized spacial score (nSPS) is 28.1. The van der Waals surface area contributed by atoms with Crippen molar-refractivity contribution in [2.75, 3.05) is 20.6 Å². The summed E-state index contributed by atoms with van der Waals surface area (Å²) in [5.74, 6) is 0.356. The summed E-state index contributed by atoms with van der Waals surface area (Å²) in [6, 6.07) is 9.87. The van der Waals surface area contributed by atoms with Crippen molar-refractivity contribution in [2.24, 2.45) is 5.92 Å². The van der Waals surface area contributed by atoms with Gasteiger partial charge in [0.2, 0.25) is 5.24 Å². The Balaban J connectivity index is 2.25. The van der Waals surface area contributed by atoms with Crippen LogP contribution in [-0.4, -0.2) is 30.8 Å². The van der Waals surface area contributed by atoms with Gasteiger partial charge in [-0.05, 0) is 43.6 Å². The molecule has 16 heavy (non-hydrogen) atoms. The van der Waals surface area contributed by atoms with E-state index in [9.17, 15) is 4.79 Å². The van der Waals surface area contributed by atoms with E-state index in [4.69, 9.17) is 11.6 Å². The molecule has 3 heteroatoms. The first-order chi connectivity index (χ1) is 7.57. The van der Waals surface area contributed by atoms with Gasteiger partial charge in [0.15, 0.2) is 0 Å². The first-order valence-corrected chi connectivity index (χ1v) is 5.85. The lowest BCUT2D eigenvalue weighted by Gasteiger charge is -2.15.